The fourth-order valence-corrected chi connectivity index (χ4v) is 1.99. The minimum atomic E-state index is -0.738. The van der Waals surface area contributed by atoms with E-state index in [2.05, 4.69) is 15.6 Å². The van der Waals surface area contributed by atoms with Crippen molar-refractivity contribution in [3.05, 3.63) is 75.2 Å². The number of nitro groups is 1. The van der Waals surface area contributed by atoms with E-state index in [0.29, 0.717) is 6.54 Å². The van der Waals surface area contributed by atoms with Crippen LogP contribution in [0.1, 0.15) is 5.69 Å². The second kappa shape index (κ2) is 8.42. The van der Waals surface area contributed by atoms with Crippen LogP contribution in [0.15, 0.2) is 54.4 Å². The number of carbonyl (C=O) groups is 1. The molecule has 1 heterocycles. The number of pyridine rings is 1. The van der Waals surface area contributed by atoms with E-state index >= 15 is 0 Å². The summed E-state index contributed by atoms with van der Waals surface area (Å²) in [6.07, 6.45) is 2.87. The highest BCUT2D eigenvalue weighted by Crippen LogP contribution is 2.26. The summed E-state index contributed by atoms with van der Waals surface area (Å²) in [6.45, 7) is 0.330. The average molecular weight is 358 g/mol. The Morgan fingerprint density at radius 2 is 2.20 bits per heavy atom. The van der Waals surface area contributed by atoms with Crippen molar-refractivity contribution in [1.29, 1.82) is 5.26 Å². The normalized spacial score (nSPS) is 10.6. The summed E-state index contributed by atoms with van der Waals surface area (Å²) < 4.78 is 0. The Labute approximate surface area is 147 Å². The molecule has 9 heteroatoms. The zero-order valence-electron chi connectivity index (χ0n) is 12.8. The van der Waals surface area contributed by atoms with Crippen molar-refractivity contribution in [2.45, 2.75) is 6.54 Å². The Morgan fingerprint density at radius 3 is 2.84 bits per heavy atom. The molecule has 8 nitrogen and oxygen atoms in total. The van der Waals surface area contributed by atoms with Gasteiger partial charge in [0.15, 0.2) is 0 Å². The molecule has 126 valence electrons. The second-order valence-electron chi connectivity index (χ2n) is 4.75. The number of carbonyl (C=O) groups excluding carboxylic acids is 1. The lowest BCUT2D eigenvalue weighted by Gasteiger charge is -2.07. The van der Waals surface area contributed by atoms with Crippen LogP contribution in [0.3, 0.4) is 0 Å². The van der Waals surface area contributed by atoms with Gasteiger partial charge < -0.3 is 10.6 Å². The lowest BCUT2D eigenvalue weighted by molar-refractivity contribution is -0.384. The molecule has 1 aromatic heterocycles. The Kier molecular flexibility index (Phi) is 6.03. The maximum Gasteiger partial charge on any atom is 0.271 e. The van der Waals surface area contributed by atoms with E-state index in [1.165, 1.54) is 18.3 Å². The number of nitrogens with one attached hydrogen (secondary N) is 2. The van der Waals surface area contributed by atoms with Crippen molar-refractivity contribution < 1.29 is 9.72 Å². The lowest BCUT2D eigenvalue weighted by Crippen LogP contribution is -2.17. The SMILES string of the molecule is N#C/C(=C/NCc1ccccn1)C(=O)Nc1cc([N+](=O)[O-])ccc1Cl. The molecule has 2 rings (SSSR count). The summed E-state index contributed by atoms with van der Waals surface area (Å²) in [5, 5.41) is 25.2. The maximum absolute atomic E-state index is 12.1. The molecule has 0 aliphatic carbocycles. The maximum atomic E-state index is 12.1. The van der Waals surface area contributed by atoms with E-state index < -0.39 is 10.8 Å². The fourth-order valence-electron chi connectivity index (χ4n) is 1.82. The van der Waals surface area contributed by atoms with E-state index in [1.54, 1.807) is 24.4 Å². The summed E-state index contributed by atoms with van der Waals surface area (Å²) in [5.41, 5.74) is 0.346. The van der Waals surface area contributed by atoms with Gasteiger partial charge in [-0.2, -0.15) is 5.26 Å². The Hall–Kier alpha value is -3.44. The van der Waals surface area contributed by atoms with Gasteiger partial charge >= 0.3 is 0 Å². The van der Waals surface area contributed by atoms with Crippen LogP contribution in [0.4, 0.5) is 11.4 Å². The molecule has 0 fully saturated rings. The van der Waals surface area contributed by atoms with E-state index in [4.69, 9.17) is 16.9 Å². The number of hydrogen-bond acceptors (Lipinski definition) is 6. The van der Waals surface area contributed by atoms with Crippen LogP contribution in [0.25, 0.3) is 0 Å². The van der Waals surface area contributed by atoms with Gasteiger partial charge in [0.25, 0.3) is 11.6 Å². The van der Waals surface area contributed by atoms with Crippen molar-refractivity contribution in [3.63, 3.8) is 0 Å². The van der Waals surface area contributed by atoms with Gasteiger partial charge in [0.1, 0.15) is 11.6 Å². The predicted molar refractivity (Wildman–Crippen MR) is 91.5 cm³/mol. The van der Waals surface area contributed by atoms with Gasteiger partial charge in [-0.1, -0.05) is 17.7 Å². The molecule has 2 aromatic rings. The van der Waals surface area contributed by atoms with Gasteiger partial charge in [0.05, 0.1) is 27.9 Å². The molecule has 0 aliphatic heterocycles. The molecule has 1 aromatic carbocycles. The smallest absolute Gasteiger partial charge is 0.271 e. The van der Waals surface area contributed by atoms with E-state index in [-0.39, 0.29) is 22.0 Å². The monoisotopic (exact) mass is 357 g/mol. The van der Waals surface area contributed by atoms with Crippen molar-refractivity contribution >= 4 is 28.9 Å². The topological polar surface area (TPSA) is 121 Å². The van der Waals surface area contributed by atoms with Crippen molar-refractivity contribution in [1.82, 2.24) is 10.3 Å². The molecule has 1 amide bonds. The second-order valence-corrected chi connectivity index (χ2v) is 5.15. The highest BCUT2D eigenvalue weighted by atomic mass is 35.5. The van der Waals surface area contributed by atoms with Gasteiger partial charge in [0.2, 0.25) is 0 Å². The van der Waals surface area contributed by atoms with Crippen molar-refractivity contribution in [3.8, 4) is 6.07 Å². The Morgan fingerprint density at radius 1 is 1.40 bits per heavy atom. The first-order chi connectivity index (χ1) is 12.0. The van der Waals surface area contributed by atoms with Crippen LogP contribution < -0.4 is 10.6 Å². The number of hydrogen-bond donors (Lipinski definition) is 2. The zero-order valence-corrected chi connectivity index (χ0v) is 13.5. The molecular weight excluding hydrogens is 346 g/mol. The number of halogens is 1. The molecule has 0 aliphatic rings. The van der Waals surface area contributed by atoms with Crippen LogP contribution >= 0.6 is 11.6 Å². The molecule has 0 unspecified atom stereocenters. The average Bonchev–Trinajstić information content (AvgIpc) is 2.61. The summed E-state index contributed by atoms with van der Waals surface area (Å²) in [5.74, 6) is -0.738. The summed E-state index contributed by atoms with van der Waals surface area (Å²) in [6, 6.07) is 10.8. The summed E-state index contributed by atoms with van der Waals surface area (Å²) >= 11 is 5.91. The minimum absolute atomic E-state index is 0.0479. The number of aromatic nitrogens is 1. The number of rotatable bonds is 6. The first-order valence-electron chi connectivity index (χ1n) is 7.00. The molecule has 0 atom stereocenters. The fraction of sp³-hybridized carbons (Fsp3) is 0.0625. The third-order valence-corrected chi connectivity index (χ3v) is 3.36. The molecule has 0 spiro atoms. The van der Waals surface area contributed by atoms with E-state index in [9.17, 15) is 14.9 Å². The first kappa shape index (κ1) is 17.9. The number of non-ortho nitro benzene ring substituents is 1. The predicted octanol–water partition coefficient (Wildman–Crippen LogP) is 2.78. The molecule has 25 heavy (non-hydrogen) atoms. The highest BCUT2D eigenvalue weighted by Gasteiger charge is 2.14. The van der Waals surface area contributed by atoms with Crippen molar-refractivity contribution in [2.75, 3.05) is 5.32 Å². The lowest BCUT2D eigenvalue weighted by atomic mass is 10.2. The minimum Gasteiger partial charge on any atom is -0.384 e. The van der Waals surface area contributed by atoms with Gasteiger partial charge in [-0.05, 0) is 18.2 Å². The zero-order chi connectivity index (χ0) is 18.2. The molecule has 0 saturated carbocycles. The van der Waals surface area contributed by atoms with Crippen LogP contribution in [-0.4, -0.2) is 15.8 Å². The third-order valence-electron chi connectivity index (χ3n) is 3.03. The molecule has 0 saturated heterocycles. The third kappa shape index (κ3) is 5.02. The number of nitriles is 1. The van der Waals surface area contributed by atoms with Crippen LogP contribution in [0.2, 0.25) is 5.02 Å². The van der Waals surface area contributed by atoms with Crippen LogP contribution in [-0.2, 0) is 11.3 Å². The van der Waals surface area contributed by atoms with Crippen LogP contribution in [0.5, 0.6) is 0 Å². The largest absolute Gasteiger partial charge is 0.384 e. The quantitative estimate of drug-likeness (QED) is 0.355. The van der Waals surface area contributed by atoms with E-state index in [0.717, 1.165) is 11.8 Å². The highest BCUT2D eigenvalue weighted by molar-refractivity contribution is 6.34. The standard InChI is InChI=1S/C16H12ClN5O3/c17-14-5-4-13(22(24)25)7-15(14)21-16(23)11(8-18)9-19-10-12-3-1-2-6-20-12/h1-7,9,19H,10H2,(H,21,23)/b11-9-. The van der Waals surface area contributed by atoms with Gasteiger partial charge in [-0.3, -0.25) is 19.9 Å². The number of nitro benzene ring substituents is 1. The number of benzene rings is 1. The van der Waals surface area contributed by atoms with Gasteiger partial charge in [0, 0.05) is 24.5 Å². The van der Waals surface area contributed by atoms with Crippen LogP contribution in [0, 0.1) is 21.4 Å². The summed E-state index contributed by atoms with van der Waals surface area (Å²) in [7, 11) is 0. The molecule has 0 radical (unpaired) electrons. The number of amides is 1. The summed E-state index contributed by atoms with van der Waals surface area (Å²) in [4.78, 5) is 26.4. The number of nitrogens with zero attached hydrogens (tertiary/aromatic N) is 3. The Bertz CT molecular complexity index is 862. The molecular formula is C16H12ClN5O3. The van der Waals surface area contributed by atoms with Gasteiger partial charge in [-0.25, -0.2) is 0 Å². The van der Waals surface area contributed by atoms with Gasteiger partial charge in [-0.15, -0.1) is 0 Å². The van der Waals surface area contributed by atoms with Crippen molar-refractivity contribution in [2.24, 2.45) is 0 Å². The Balaban J connectivity index is 2.07. The first-order valence-corrected chi connectivity index (χ1v) is 7.38. The van der Waals surface area contributed by atoms with E-state index in [1.807, 2.05) is 6.07 Å². The molecule has 0 bridgehead atoms. The number of anilines is 1. The molecule has 2 N–H and O–H groups in total.